The van der Waals surface area contributed by atoms with Gasteiger partial charge in [0.05, 0.1) is 24.9 Å². The molecule has 1 fully saturated rings. The van der Waals surface area contributed by atoms with Crippen molar-refractivity contribution >= 4 is 5.91 Å². The third kappa shape index (κ3) is 3.97. The van der Waals surface area contributed by atoms with E-state index in [-0.39, 0.29) is 11.9 Å². The number of nitrogens with zero attached hydrogens (tertiary/aromatic N) is 3. The van der Waals surface area contributed by atoms with Crippen LogP contribution in [0.4, 0.5) is 0 Å². The first-order valence-corrected chi connectivity index (χ1v) is 6.55. The molecule has 6 nitrogen and oxygen atoms in total. The average molecular weight is 264 g/mol. The van der Waals surface area contributed by atoms with Crippen LogP contribution in [0.25, 0.3) is 0 Å². The summed E-state index contributed by atoms with van der Waals surface area (Å²) < 4.78 is 5.24. The first-order chi connectivity index (χ1) is 9.16. The fourth-order valence-corrected chi connectivity index (χ4v) is 2.01. The molecule has 0 aliphatic carbocycles. The Morgan fingerprint density at radius 2 is 2.26 bits per heavy atom. The minimum Gasteiger partial charge on any atom is -0.378 e. The predicted molar refractivity (Wildman–Crippen MR) is 70.5 cm³/mol. The van der Waals surface area contributed by atoms with Crippen molar-refractivity contribution in [2.24, 2.45) is 0 Å². The zero-order valence-corrected chi connectivity index (χ0v) is 11.4. The van der Waals surface area contributed by atoms with E-state index in [0.717, 1.165) is 11.5 Å². The maximum atomic E-state index is 12.2. The van der Waals surface area contributed by atoms with Crippen molar-refractivity contribution in [2.45, 2.75) is 26.4 Å². The number of aryl methyl sites for hydroxylation is 1. The molecule has 2 heterocycles. The van der Waals surface area contributed by atoms with E-state index < -0.39 is 0 Å². The maximum Gasteiger partial charge on any atom is 0.239 e. The summed E-state index contributed by atoms with van der Waals surface area (Å²) in [6, 6.07) is 1.64. The highest BCUT2D eigenvalue weighted by atomic mass is 16.5. The Balaban J connectivity index is 1.83. The number of morpholine rings is 1. The van der Waals surface area contributed by atoms with E-state index >= 15 is 0 Å². The first kappa shape index (κ1) is 13.9. The molecule has 0 bridgehead atoms. The molecule has 0 saturated carbocycles. The number of carbonyl (C=O) groups is 1. The van der Waals surface area contributed by atoms with E-state index in [2.05, 4.69) is 15.3 Å². The molecule has 1 aliphatic rings. The molecule has 104 valence electrons. The zero-order chi connectivity index (χ0) is 13.7. The Labute approximate surface area is 113 Å². The Hall–Kier alpha value is -1.53. The van der Waals surface area contributed by atoms with E-state index in [9.17, 15) is 4.79 Å². The van der Waals surface area contributed by atoms with Crippen molar-refractivity contribution in [3.8, 4) is 0 Å². The molecule has 1 atom stereocenters. The van der Waals surface area contributed by atoms with Gasteiger partial charge < -0.3 is 15.0 Å². The van der Waals surface area contributed by atoms with E-state index in [1.54, 1.807) is 6.20 Å². The minimum absolute atomic E-state index is 0.120. The van der Waals surface area contributed by atoms with Crippen LogP contribution in [0.3, 0.4) is 0 Å². The van der Waals surface area contributed by atoms with Gasteiger partial charge in [-0.3, -0.25) is 4.79 Å². The van der Waals surface area contributed by atoms with Gasteiger partial charge in [0, 0.05) is 25.8 Å². The fraction of sp³-hybridized carbons (Fsp3) is 0.615. The number of nitrogens with one attached hydrogen (secondary N) is 1. The smallest absolute Gasteiger partial charge is 0.239 e. The monoisotopic (exact) mass is 264 g/mol. The summed E-state index contributed by atoms with van der Waals surface area (Å²) in [6.45, 7) is 6.92. The zero-order valence-electron chi connectivity index (χ0n) is 11.4. The summed E-state index contributed by atoms with van der Waals surface area (Å²) in [7, 11) is 0. The summed E-state index contributed by atoms with van der Waals surface area (Å²) in [6.07, 6.45) is 1.73. The lowest BCUT2D eigenvalue weighted by molar-refractivity contribution is -0.137. The van der Waals surface area contributed by atoms with E-state index in [1.807, 2.05) is 24.8 Å². The van der Waals surface area contributed by atoms with Crippen LogP contribution in [0.2, 0.25) is 0 Å². The van der Waals surface area contributed by atoms with Crippen LogP contribution >= 0.6 is 0 Å². The molecule has 1 aromatic rings. The van der Waals surface area contributed by atoms with Crippen LogP contribution in [-0.2, 0) is 16.1 Å². The van der Waals surface area contributed by atoms with Gasteiger partial charge in [-0.25, -0.2) is 9.97 Å². The van der Waals surface area contributed by atoms with Gasteiger partial charge in [0.15, 0.2) is 0 Å². The van der Waals surface area contributed by atoms with Crippen LogP contribution in [-0.4, -0.2) is 53.1 Å². The highest BCUT2D eigenvalue weighted by Crippen LogP contribution is 2.02. The predicted octanol–water partition coefficient (Wildman–Crippen LogP) is 0.122. The SMILES string of the molecule is Cc1nccc(CNC(C)C(=O)N2CCOCC2)n1. The van der Waals surface area contributed by atoms with Gasteiger partial charge in [0.1, 0.15) is 5.82 Å². The van der Waals surface area contributed by atoms with Crippen molar-refractivity contribution < 1.29 is 9.53 Å². The Morgan fingerprint density at radius 1 is 1.53 bits per heavy atom. The number of carbonyl (C=O) groups excluding carboxylic acids is 1. The number of hydrogen-bond donors (Lipinski definition) is 1. The Bertz CT molecular complexity index is 432. The van der Waals surface area contributed by atoms with Crippen LogP contribution in [0.5, 0.6) is 0 Å². The molecule has 1 N–H and O–H groups in total. The van der Waals surface area contributed by atoms with E-state index in [1.165, 1.54) is 0 Å². The first-order valence-electron chi connectivity index (χ1n) is 6.55. The van der Waals surface area contributed by atoms with Gasteiger partial charge in [0.2, 0.25) is 5.91 Å². The number of amides is 1. The Morgan fingerprint density at radius 3 is 2.95 bits per heavy atom. The lowest BCUT2D eigenvalue weighted by Gasteiger charge is -2.29. The molecular formula is C13H20N4O2. The van der Waals surface area contributed by atoms with E-state index in [4.69, 9.17) is 4.74 Å². The largest absolute Gasteiger partial charge is 0.378 e. The van der Waals surface area contributed by atoms with Gasteiger partial charge in [-0.15, -0.1) is 0 Å². The maximum absolute atomic E-state index is 12.2. The van der Waals surface area contributed by atoms with Gasteiger partial charge in [-0.2, -0.15) is 0 Å². The number of ether oxygens (including phenoxy) is 1. The third-order valence-corrected chi connectivity index (χ3v) is 3.12. The quantitative estimate of drug-likeness (QED) is 0.837. The van der Waals surface area contributed by atoms with Crippen LogP contribution < -0.4 is 5.32 Å². The van der Waals surface area contributed by atoms with Crippen molar-refractivity contribution in [1.82, 2.24) is 20.2 Å². The summed E-state index contributed by atoms with van der Waals surface area (Å²) in [5, 5.41) is 3.20. The molecule has 1 saturated heterocycles. The van der Waals surface area contributed by atoms with Crippen LogP contribution in [0.1, 0.15) is 18.4 Å². The lowest BCUT2D eigenvalue weighted by atomic mass is 10.2. The van der Waals surface area contributed by atoms with Crippen molar-refractivity contribution in [3.63, 3.8) is 0 Å². The fourth-order valence-electron chi connectivity index (χ4n) is 2.01. The molecule has 1 aliphatic heterocycles. The second-order valence-corrected chi connectivity index (χ2v) is 4.64. The third-order valence-electron chi connectivity index (χ3n) is 3.12. The van der Waals surface area contributed by atoms with Gasteiger partial charge in [0.25, 0.3) is 0 Å². The summed E-state index contributed by atoms with van der Waals surface area (Å²) >= 11 is 0. The van der Waals surface area contributed by atoms with Crippen LogP contribution in [0, 0.1) is 6.92 Å². The molecule has 0 spiro atoms. The molecule has 1 amide bonds. The second kappa shape index (κ2) is 6.58. The highest BCUT2D eigenvalue weighted by Gasteiger charge is 2.21. The average Bonchev–Trinajstić information content (AvgIpc) is 2.45. The second-order valence-electron chi connectivity index (χ2n) is 4.64. The number of rotatable bonds is 4. The summed E-state index contributed by atoms with van der Waals surface area (Å²) in [5.74, 6) is 0.862. The van der Waals surface area contributed by atoms with Gasteiger partial charge in [-0.05, 0) is 19.9 Å². The number of hydrogen-bond acceptors (Lipinski definition) is 5. The normalized spacial score (nSPS) is 17.3. The molecule has 1 aromatic heterocycles. The van der Waals surface area contributed by atoms with E-state index in [0.29, 0.717) is 32.8 Å². The van der Waals surface area contributed by atoms with Gasteiger partial charge >= 0.3 is 0 Å². The van der Waals surface area contributed by atoms with Crippen molar-refractivity contribution in [1.29, 1.82) is 0 Å². The van der Waals surface area contributed by atoms with Crippen molar-refractivity contribution in [3.05, 3.63) is 23.8 Å². The van der Waals surface area contributed by atoms with Crippen LogP contribution in [0.15, 0.2) is 12.3 Å². The molecule has 0 aromatic carbocycles. The lowest BCUT2D eigenvalue weighted by Crippen LogP contribution is -2.49. The standard InChI is InChI=1S/C13H20N4O2/c1-10(13(18)17-5-7-19-8-6-17)15-9-12-3-4-14-11(2)16-12/h3-4,10,15H,5-9H2,1-2H3. The topological polar surface area (TPSA) is 67.4 Å². The summed E-state index contributed by atoms with van der Waals surface area (Å²) in [4.78, 5) is 22.3. The molecule has 1 unspecified atom stereocenters. The summed E-state index contributed by atoms with van der Waals surface area (Å²) in [5.41, 5.74) is 0.897. The van der Waals surface area contributed by atoms with Gasteiger partial charge in [-0.1, -0.05) is 0 Å². The highest BCUT2D eigenvalue weighted by molar-refractivity contribution is 5.81. The minimum atomic E-state index is -0.214. The molecule has 19 heavy (non-hydrogen) atoms. The Kier molecular flexibility index (Phi) is 4.81. The molecule has 2 rings (SSSR count). The number of aromatic nitrogens is 2. The molecule has 0 radical (unpaired) electrons. The molecule has 6 heteroatoms. The molecular weight excluding hydrogens is 244 g/mol. The van der Waals surface area contributed by atoms with Crippen molar-refractivity contribution in [2.75, 3.05) is 26.3 Å².